The molecule has 0 fully saturated rings. The highest BCUT2D eigenvalue weighted by molar-refractivity contribution is 6.35. The lowest BCUT2D eigenvalue weighted by atomic mass is 10.1. The summed E-state index contributed by atoms with van der Waals surface area (Å²) in [6.45, 7) is 0.519. The van der Waals surface area contributed by atoms with Crippen LogP contribution in [0.5, 0.6) is 0 Å². The molecule has 2 rings (SSSR count). The average molecular weight is 309 g/mol. The van der Waals surface area contributed by atoms with Crippen molar-refractivity contribution in [1.82, 2.24) is 5.32 Å². The van der Waals surface area contributed by atoms with E-state index in [-0.39, 0.29) is 5.91 Å². The first-order valence-corrected chi connectivity index (χ1v) is 6.89. The van der Waals surface area contributed by atoms with Gasteiger partial charge in [-0.15, -0.1) is 0 Å². The van der Waals surface area contributed by atoms with Crippen LogP contribution in [0.3, 0.4) is 0 Å². The molecule has 0 atom stereocenters. The third-order valence-electron chi connectivity index (χ3n) is 2.85. The van der Waals surface area contributed by atoms with Crippen molar-refractivity contribution in [3.8, 4) is 0 Å². The fourth-order valence-electron chi connectivity index (χ4n) is 1.77. The zero-order valence-corrected chi connectivity index (χ0v) is 12.2. The van der Waals surface area contributed by atoms with Crippen LogP contribution in [0.1, 0.15) is 15.9 Å². The Balaban J connectivity index is 1.92. The van der Waals surface area contributed by atoms with Gasteiger partial charge in [0.2, 0.25) is 0 Å². The minimum absolute atomic E-state index is 0.229. The topological polar surface area (TPSA) is 55.1 Å². The van der Waals surface area contributed by atoms with Crippen LogP contribution >= 0.6 is 23.2 Å². The Morgan fingerprint density at radius 1 is 1.10 bits per heavy atom. The third kappa shape index (κ3) is 3.89. The monoisotopic (exact) mass is 308 g/mol. The summed E-state index contributed by atoms with van der Waals surface area (Å²) in [5, 5.41) is 3.69. The number of carbonyl (C=O) groups is 1. The molecule has 0 unspecified atom stereocenters. The highest BCUT2D eigenvalue weighted by Crippen LogP contribution is 2.20. The van der Waals surface area contributed by atoms with Gasteiger partial charge in [-0.2, -0.15) is 0 Å². The van der Waals surface area contributed by atoms with Crippen LogP contribution in [0, 0.1) is 0 Å². The number of rotatable bonds is 4. The summed E-state index contributed by atoms with van der Waals surface area (Å²) in [5.41, 5.74) is 7.83. The van der Waals surface area contributed by atoms with Crippen LogP contribution in [0.2, 0.25) is 10.0 Å². The van der Waals surface area contributed by atoms with Gasteiger partial charge in [0, 0.05) is 17.3 Å². The number of nitrogens with two attached hydrogens (primary N) is 1. The molecule has 0 radical (unpaired) electrons. The van der Waals surface area contributed by atoms with Crippen molar-refractivity contribution in [2.75, 3.05) is 12.3 Å². The number of nitrogens with one attached hydrogen (secondary N) is 1. The molecule has 0 bridgehead atoms. The molecule has 0 saturated heterocycles. The van der Waals surface area contributed by atoms with Crippen molar-refractivity contribution in [2.24, 2.45) is 0 Å². The largest absolute Gasteiger partial charge is 0.399 e. The molecule has 0 saturated carbocycles. The second-order valence-corrected chi connectivity index (χ2v) is 5.22. The van der Waals surface area contributed by atoms with Crippen LogP contribution in [0.4, 0.5) is 5.69 Å². The fraction of sp³-hybridized carbons (Fsp3) is 0.133. The smallest absolute Gasteiger partial charge is 0.252 e. The Labute approximate surface area is 127 Å². The lowest BCUT2D eigenvalue weighted by Gasteiger charge is -2.07. The zero-order valence-electron chi connectivity index (χ0n) is 10.7. The average Bonchev–Trinajstić information content (AvgIpc) is 2.43. The molecule has 104 valence electrons. The molecule has 0 spiro atoms. The summed E-state index contributed by atoms with van der Waals surface area (Å²) < 4.78 is 0. The maximum absolute atomic E-state index is 12.0. The molecular weight excluding hydrogens is 295 g/mol. The van der Waals surface area contributed by atoms with E-state index in [2.05, 4.69) is 5.32 Å². The number of benzene rings is 2. The molecule has 0 heterocycles. The quantitative estimate of drug-likeness (QED) is 0.849. The molecule has 0 aliphatic rings. The van der Waals surface area contributed by atoms with Crippen LogP contribution < -0.4 is 11.1 Å². The molecule has 1 amide bonds. The van der Waals surface area contributed by atoms with Crippen molar-refractivity contribution < 1.29 is 4.79 Å². The van der Waals surface area contributed by atoms with E-state index in [4.69, 9.17) is 28.9 Å². The predicted octanol–water partition coefficient (Wildman–Crippen LogP) is 3.55. The molecule has 3 N–H and O–H groups in total. The molecule has 2 aromatic carbocycles. The summed E-state index contributed by atoms with van der Waals surface area (Å²) in [6.07, 6.45) is 0.726. The van der Waals surface area contributed by atoms with E-state index in [9.17, 15) is 4.79 Å². The van der Waals surface area contributed by atoms with E-state index in [1.54, 1.807) is 18.2 Å². The van der Waals surface area contributed by atoms with Crippen LogP contribution in [0.15, 0.2) is 42.5 Å². The number of hydrogen-bond donors (Lipinski definition) is 2. The van der Waals surface area contributed by atoms with Gasteiger partial charge in [0.25, 0.3) is 5.91 Å². The maximum atomic E-state index is 12.0. The van der Waals surface area contributed by atoms with E-state index < -0.39 is 0 Å². The highest BCUT2D eigenvalue weighted by Gasteiger charge is 2.10. The lowest BCUT2D eigenvalue weighted by Crippen LogP contribution is -2.26. The normalized spacial score (nSPS) is 10.3. The second kappa shape index (κ2) is 6.64. The van der Waals surface area contributed by atoms with Gasteiger partial charge in [0.05, 0.1) is 10.6 Å². The number of anilines is 1. The number of hydrogen-bond acceptors (Lipinski definition) is 2. The first-order valence-electron chi connectivity index (χ1n) is 6.14. The van der Waals surface area contributed by atoms with Gasteiger partial charge in [-0.25, -0.2) is 0 Å². The van der Waals surface area contributed by atoms with Gasteiger partial charge in [0.1, 0.15) is 0 Å². The van der Waals surface area contributed by atoms with Crippen molar-refractivity contribution >= 4 is 34.8 Å². The summed E-state index contributed by atoms with van der Waals surface area (Å²) in [6, 6.07) is 12.4. The lowest BCUT2D eigenvalue weighted by molar-refractivity contribution is 0.0954. The fourth-order valence-corrected chi connectivity index (χ4v) is 2.15. The van der Waals surface area contributed by atoms with Gasteiger partial charge in [0.15, 0.2) is 0 Å². The van der Waals surface area contributed by atoms with Crippen LogP contribution in [-0.4, -0.2) is 12.5 Å². The van der Waals surface area contributed by atoms with Gasteiger partial charge in [-0.3, -0.25) is 4.79 Å². The highest BCUT2D eigenvalue weighted by atomic mass is 35.5. The van der Waals surface area contributed by atoms with E-state index in [1.807, 2.05) is 24.3 Å². The van der Waals surface area contributed by atoms with E-state index in [0.717, 1.165) is 17.7 Å². The van der Waals surface area contributed by atoms with Crippen molar-refractivity contribution in [3.63, 3.8) is 0 Å². The molecule has 0 aromatic heterocycles. The van der Waals surface area contributed by atoms with Gasteiger partial charge >= 0.3 is 0 Å². The van der Waals surface area contributed by atoms with E-state index in [1.165, 1.54) is 0 Å². The van der Waals surface area contributed by atoms with E-state index >= 15 is 0 Å². The number of carbonyl (C=O) groups excluding carboxylic acids is 1. The minimum atomic E-state index is -0.229. The SMILES string of the molecule is Nc1ccc(CCNC(=O)c2cc(Cl)ccc2Cl)cc1. The Hall–Kier alpha value is -1.71. The van der Waals surface area contributed by atoms with Crippen LogP contribution in [-0.2, 0) is 6.42 Å². The Bertz CT molecular complexity index is 612. The summed E-state index contributed by atoms with van der Waals surface area (Å²) in [5.74, 6) is -0.229. The molecule has 0 aliphatic heterocycles. The van der Waals surface area contributed by atoms with E-state index in [0.29, 0.717) is 22.2 Å². The number of nitrogen functional groups attached to an aromatic ring is 1. The Morgan fingerprint density at radius 2 is 1.80 bits per heavy atom. The predicted molar refractivity (Wildman–Crippen MR) is 83.4 cm³/mol. The van der Waals surface area contributed by atoms with Crippen LogP contribution in [0.25, 0.3) is 0 Å². The van der Waals surface area contributed by atoms with Crippen molar-refractivity contribution in [3.05, 3.63) is 63.6 Å². The van der Waals surface area contributed by atoms with Gasteiger partial charge in [-0.1, -0.05) is 35.3 Å². The first-order chi connectivity index (χ1) is 9.56. The molecule has 0 aliphatic carbocycles. The molecule has 5 heteroatoms. The standard InChI is InChI=1S/C15H14Cl2N2O/c16-11-3-6-14(17)13(9-11)15(20)19-8-7-10-1-4-12(18)5-2-10/h1-6,9H,7-8,18H2,(H,19,20). The first kappa shape index (κ1) is 14.7. The molecule has 3 nitrogen and oxygen atoms in total. The van der Waals surface area contributed by atoms with Crippen molar-refractivity contribution in [2.45, 2.75) is 6.42 Å². The number of amides is 1. The Morgan fingerprint density at radius 3 is 2.50 bits per heavy atom. The second-order valence-electron chi connectivity index (χ2n) is 4.37. The summed E-state index contributed by atoms with van der Waals surface area (Å²) in [4.78, 5) is 12.0. The van der Waals surface area contributed by atoms with Gasteiger partial charge in [-0.05, 0) is 42.3 Å². The number of halogens is 2. The Kier molecular flexibility index (Phi) is 4.88. The van der Waals surface area contributed by atoms with Crippen molar-refractivity contribution in [1.29, 1.82) is 0 Å². The molecular formula is C15H14Cl2N2O. The minimum Gasteiger partial charge on any atom is -0.399 e. The molecule has 2 aromatic rings. The summed E-state index contributed by atoms with van der Waals surface area (Å²) >= 11 is 11.8. The summed E-state index contributed by atoms with van der Waals surface area (Å²) in [7, 11) is 0. The maximum Gasteiger partial charge on any atom is 0.252 e. The molecule has 20 heavy (non-hydrogen) atoms. The van der Waals surface area contributed by atoms with Gasteiger partial charge < -0.3 is 11.1 Å². The third-order valence-corrected chi connectivity index (χ3v) is 3.42. The zero-order chi connectivity index (χ0) is 14.5.